The Bertz CT molecular complexity index is 1720. The van der Waals surface area contributed by atoms with Crippen molar-refractivity contribution in [1.29, 1.82) is 0 Å². The van der Waals surface area contributed by atoms with E-state index in [1.165, 1.54) is 15.1 Å². The standard InChI is InChI=1S/C32H42N4O7S/c1-20-17-36(30(38)43-32(5,6)7)28-24(20)15-23(16-33-28)22-13-21-9-10-34(44(8,39)40)18-26(21)25(14-22)27-19-41-12-11-35(27)29(37)42-31(2,3)4/h13-17,27H,9-12,18-19H2,1-8H3/t27-/m0/s1. The lowest BCUT2D eigenvalue weighted by atomic mass is 9.87. The summed E-state index contributed by atoms with van der Waals surface area (Å²) in [4.78, 5) is 32.6. The second-order valence-corrected chi connectivity index (χ2v) is 15.6. The highest BCUT2D eigenvalue weighted by atomic mass is 32.2. The molecule has 1 atom stereocenters. The fraction of sp³-hybridized carbons (Fsp3) is 0.531. The number of morpholine rings is 1. The molecule has 12 heteroatoms. The van der Waals surface area contributed by atoms with Crippen LogP contribution in [0.25, 0.3) is 22.2 Å². The highest BCUT2D eigenvalue weighted by molar-refractivity contribution is 7.88. The first-order valence-electron chi connectivity index (χ1n) is 14.8. The molecule has 1 aromatic carbocycles. The van der Waals surface area contributed by atoms with E-state index in [9.17, 15) is 18.0 Å². The Morgan fingerprint density at radius 1 is 0.977 bits per heavy atom. The molecule has 0 unspecified atom stereocenters. The van der Waals surface area contributed by atoms with Crippen molar-refractivity contribution in [3.8, 4) is 11.1 Å². The van der Waals surface area contributed by atoms with Crippen LogP contribution in [0.5, 0.6) is 0 Å². The molecule has 44 heavy (non-hydrogen) atoms. The molecule has 2 aromatic heterocycles. The maximum Gasteiger partial charge on any atom is 0.420 e. The molecule has 5 rings (SSSR count). The van der Waals surface area contributed by atoms with Crippen molar-refractivity contribution in [1.82, 2.24) is 18.8 Å². The first kappa shape index (κ1) is 31.9. The third-order valence-electron chi connectivity index (χ3n) is 7.69. The van der Waals surface area contributed by atoms with Crippen molar-refractivity contribution in [2.45, 2.75) is 78.7 Å². The lowest BCUT2D eigenvalue weighted by Crippen LogP contribution is -2.46. The van der Waals surface area contributed by atoms with Crippen LogP contribution in [0.1, 0.15) is 69.8 Å². The molecule has 238 valence electrons. The smallest absolute Gasteiger partial charge is 0.420 e. The van der Waals surface area contributed by atoms with Crippen molar-refractivity contribution >= 4 is 33.2 Å². The predicted molar refractivity (Wildman–Crippen MR) is 167 cm³/mol. The number of carbonyl (C=O) groups excluding carboxylic acids is 2. The van der Waals surface area contributed by atoms with Gasteiger partial charge in [-0.1, -0.05) is 6.07 Å². The second kappa shape index (κ2) is 11.5. The van der Waals surface area contributed by atoms with Gasteiger partial charge < -0.3 is 14.2 Å². The van der Waals surface area contributed by atoms with Gasteiger partial charge in [0.05, 0.1) is 25.5 Å². The minimum absolute atomic E-state index is 0.206. The summed E-state index contributed by atoms with van der Waals surface area (Å²) in [5.74, 6) is 0. The number of pyridine rings is 1. The number of ether oxygens (including phenoxy) is 3. The molecular formula is C32H42N4O7S. The van der Waals surface area contributed by atoms with E-state index in [1.807, 2.05) is 60.6 Å². The Morgan fingerprint density at radius 3 is 2.32 bits per heavy atom. The summed E-state index contributed by atoms with van der Waals surface area (Å²) < 4.78 is 45.2. The van der Waals surface area contributed by atoms with Crippen LogP contribution in [0.3, 0.4) is 0 Å². The maximum absolute atomic E-state index is 13.4. The predicted octanol–water partition coefficient (Wildman–Crippen LogP) is 5.42. The van der Waals surface area contributed by atoms with Crippen LogP contribution in [0.15, 0.2) is 30.6 Å². The van der Waals surface area contributed by atoms with Gasteiger partial charge in [-0.2, -0.15) is 4.31 Å². The summed E-state index contributed by atoms with van der Waals surface area (Å²) in [5.41, 5.74) is 4.45. The zero-order valence-corrected chi connectivity index (χ0v) is 27.6. The summed E-state index contributed by atoms with van der Waals surface area (Å²) in [6.45, 7) is 14.4. The first-order valence-corrected chi connectivity index (χ1v) is 16.7. The van der Waals surface area contributed by atoms with Crippen LogP contribution >= 0.6 is 0 Å². The van der Waals surface area contributed by atoms with Gasteiger partial charge in [-0.05, 0) is 94.8 Å². The summed E-state index contributed by atoms with van der Waals surface area (Å²) in [7, 11) is -3.43. The Kier molecular flexibility index (Phi) is 8.32. The monoisotopic (exact) mass is 626 g/mol. The molecule has 0 radical (unpaired) electrons. The van der Waals surface area contributed by atoms with E-state index in [0.29, 0.717) is 31.8 Å². The third kappa shape index (κ3) is 6.77. The number of benzene rings is 1. The van der Waals surface area contributed by atoms with Crippen LogP contribution in [0.2, 0.25) is 0 Å². The number of aromatic nitrogens is 2. The molecule has 0 bridgehead atoms. The minimum atomic E-state index is -3.43. The number of rotatable bonds is 3. The van der Waals surface area contributed by atoms with E-state index in [2.05, 4.69) is 11.1 Å². The fourth-order valence-corrected chi connectivity index (χ4v) is 6.48. The number of carbonyl (C=O) groups is 2. The quantitative estimate of drug-likeness (QED) is 0.378. The number of nitrogens with zero attached hydrogens (tertiary/aromatic N) is 4. The van der Waals surface area contributed by atoms with Crippen LogP contribution in [-0.4, -0.2) is 83.1 Å². The number of amides is 1. The largest absolute Gasteiger partial charge is 0.444 e. The average Bonchev–Trinajstić information content (AvgIpc) is 3.25. The minimum Gasteiger partial charge on any atom is -0.444 e. The summed E-state index contributed by atoms with van der Waals surface area (Å²) in [5, 5.41) is 0.812. The molecule has 0 N–H and O–H groups in total. The van der Waals surface area contributed by atoms with Gasteiger partial charge >= 0.3 is 12.2 Å². The number of hydrogen-bond donors (Lipinski definition) is 0. The van der Waals surface area contributed by atoms with Gasteiger partial charge in [0.25, 0.3) is 0 Å². The molecule has 1 saturated heterocycles. The molecule has 0 saturated carbocycles. The number of hydrogen-bond acceptors (Lipinski definition) is 8. The number of fused-ring (bicyclic) bond motifs is 2. The van der Waals surface area contributed by atoms with E-state index < -0.39 is 39.5 Å². The molecule has 1 amide bonds. The molecule has 3 aromatic rings. The van der Waals surface area contributed by atoms with Crippen LogP contribution < -0.4 is 0 Å². The third-order valence-corrected chi connectivity index (χ3v) is 8.94. The van der Waals surface area contributed by atoms with Crippen molar-refractivity contribution in [2.75, 3.05) is 32.6 Å². The van der Waals surface area contributed by atoms with Gasteiger partial charge in [0.2, 0.25) is 10.0 Å². The van der Waals surface area contributed by atoms with Crippen LogP contribution in [0, 0.1) is 6.92 Å². The molecule has 2 aliphatic rings. The van der Waals surface area contributed by atoms with E-state index in [-0.39, 0.29) is 13.2 Å². The summed E-state index contributed by atoms with van der Waals surface area (Å²) in [6.07, 6.45) is 4.25. The van der Waals surface area contributed by atoms with Gasteiger partial charge in [0.15, 0.2) is 0 Å². The zero-order chi connectivity index (χ0) is 32.2. The van der Waals surface area contributed by atoms with Crippen molar-refractivity contribution < 1.29 is 32.2 Å². The molecule has 0 spiro atoms. The number of sulfonamides is 1. The van der Waals surface area contributed by atoms with Gasteiger partial charge in [0.1, 0.15) is 16.8 Å². The van der Waals surface area contributed by atoms with Crippen molar-refractivity contribution in [2.24, 2.45) is 0 Å². The van der Waals surface area contributed by atoms with E-state index in [4.69, 9.17) is 14.2 Å². The average molecular weight is 627 g/mol. The maximum atomic E-state index is 13.4. The van der Waals surface area contributed by atoms with Gasteiger partial charge in [0, 0.05) is 43.0 Å². The van der Waals surface area contributed by atoms with E-state index in [0.717, 1.165) is 38.8 Å². The molecular weight excluding hydrogens is 584 g/mol. The normalized spacial score (nSPS) is 18.3. The summed E-state index contributed by atoms with van der Waals surface area (Å²) >= 11 is 0. The van der Waals surface area contributed by atoms with Crippen LogP contribution in [-0.2, 0) is 37.2 Å². The lowest BCUT2D eigenvalue weighted by Gasteiger charge is -2.39. The van der Waals surface area contributed by atoms with Gasteiger partial charge in [-0.15, -0.1) is 0 Å². The lowest BCUT2D eigenvalue weighted by molar-refractivity contribution is -0.0334. The Balaban J connectivity index is 1.61. The fourth-order valence-electron chi connectivity index (χ4n) is 5.69. The second-order valence-electron chi connectivity index (χ2n) is 13.6. The molecule has 2 aliphatic heterocycles. The summed E-state index contributed by atoms with van der Waals surface area (Å²) in [6, 6.07) is 5.60. The van der Waals surface area contributed by atoms with Crippen molar-refractivity contribution in [3.05, 3.63) is 52.8 Å². The van der Waals surface area contributed by atoms with E-state index in [1.54, 1.807) is 17.3 Å². The highest BCUT2D eigenvalue weighted by Gasteiger charge is 2.36. The Morgan fingerprint density at radius 2 is 1.66 bits per heavy atom. The SMILES string of the molecule is Cc1cn(C(=O)OC(C)(C)C)c2ncc(-c3cc4c(c([C@@H]5COCCN5C(=O)OC(C)(C)C)c3)CN(S(C)(=O)=O)CC4)cc12. The van der Waals surface area contributed by atoms with Crippen molar-refractivity contribution in [3.63, 3.8) is 0 Å². The van der Waals surface area contributed by atoms with Gasteiger partial charge in [-0.3, -0.25) is 4.90 Å². The molecule has 11 nitrogen and oxygen atoms in total. The zero-order valence-electron chi connectivity index (χ0n) is 26.8. The van der Waals surface area contributed by atoms with E-state index >= 15 is 0 Å². The molecule has 0 aliphatic carbocycles. The Labute approximate surface area is 259 Å². The topological polar surface area (TPSA) is 120 Å². The molecule has 4 heterocycles. The highest BCUT2D eigenvalue weighted by Crippen LogP contribution is 2.38. The van der Waals surface area contributed by atoms with Gasteiger partial charge in [-0.25, -0.2) is 27.6 Å². The number of aryl methyl sites for hydroxylation is 1. The molecule has 1 fully saturated rings. The van der Waals surface area contributed by atoms with Crippen LogP contribution in [0.4, 0.5) is 9.59 Å². The Hall–Kier alpha value is -3.48. The first-order chi connectivity index (χ1) is 20.4.